The summed E-state index contributed by atoms with van der Waals surface area (Å²) in [5.74, 6) is -0.000589. The fraction of sp³-hybridized carbons (Fsp3) is 0.294. The number of amides is 1. The molecule has 0 unspecified atom stereocenters. The maximum atomic E-state index is 12.7. The van der Waals surface area contributed by atoms with Gasteiger partial charge in [0.05, 0.1) is 22.9 Å². The Balaban J connectivity index is 1.67. The third-order valence-electron chi connectivity index (χ3n) is 4.30. The van der Waals surface area contributed by atoms with Crippen LogP contribution in [0.4, 0.5) is 0 Å². The normalized spacial score (nSPS) is 18.0. The molecule has 23 heavy (non-hydrogen) atoms. The van der Waals surface area contributed by atoms with Crippen molar-refractivity contribution < 1.29 is 9.90 Å². The van der Waals surface area contributed by atoms with Gasteiger partial charge in [0.15, 0.2) is 5.13 Å². The zero-order valence-corrected chi connectivity index (χ0v) is 13.4. The number of likely N-dealkylation sites (tertiary alicyclic amines) is 1. The lowest BCUT2D eigenvalue weighted by Gasteiger charge is -2.23. The van der Waals surface area contributed by atoms with Crippen LogP contribution in [0.25, 0.3) is 15.3 Å². The van der Waals surface area contributed by atoms with Crippen molar-refractivity contribution in [2.24, 2.45) is 0 Å². The second-order valence-corrected chi connectivity index (χ2v) is 6.76. The van der Waals surface area contributed by atoms with Crippen molar-refractivity contribution in [3.8, 4) is 5.13 Å². The van der Waals surface area contributed by atoms with Crippen molar-refractivity contribution in [1.82, 2.24) is 14.5 Å². The molecule has 5 nitrogen and oxygen atoms in total. The van der Waals surface area contributed by atoms with Crippen LogP contribution in [0.2, 0.25) is 0 Å². The van der Waals surface area contributed by atoms with Gasteiger partial charge in [0, 0.05) is 24.5 Å². The number of fused-ring (bicyclic) bond motifs is 1. The summed E-state index contributed by atoms with van der Waals surface area (Å²) >= 11 is 1.57. The number of carbonyl (C=O) groups excluding carboxylic acids is 1. The van der Waals surface area contributed by atoms with E-state index in [0.29, 0.717) is 5.56 Å². The van der Waals surface area contributed by atoms with Crippen LogP contribution < -0.4 is 0 Å². The Morgan fingerprint density at radius 1 is 1.35 bits per heavy atom. The molecule has 1 aromatic carbocycles. The van der Waals surface area contributed by atoms with Crippen molar-refractivity contribution in [3.05, 3.63) is 48.3 Å². The molecule has 1 aliphatic rings. The number of benzene rings is 1. The van der Waals surface area contributed by atoms with E-state index >= 15 is 0 Å². The lowest BCUT2D eigenvalue weighted by atomic mass is 10.1. The first-order valence-electron chi connectivity index (χ1n) is 7.72. The Kier molecular flexibility index (Phi) is 3.63. The van der Waals surface area contributed by atoms with Gasteiger partial charge in [-0.15, -0.1) is 0 Å². The van der Waals surface area contributed by atoms with E-state index in [0.717, 1.165) is 34.7 Å². The predicted octanol–water partition coefficient (Wildman–Crippen LogP) is 2.68. The van der Waals surface area contributed by atoms with E-state index in [4.69, 9.17) is 0 Å². The van der Waals surface area contributed by atoms with Crippen LogP contribution in [0.5, 0.6) is 0 Å². The van der Waals surface area contributed by atoms with E-state index in [-0.39, 0.29) is 18.6 Å². The molecule has 1 N–H and O–H groups in total. The monoisotopic (exact) mass is 327 g/mol. The smallest absolute Gasteiger partial charge is 0.254 e. The van der Waals surface area contributed by atoms with E-state index in [9.17, 15) is 9.90 Å². The Bertz CT molecular complexity index is 841. The summed E-state index contributed by atoms with van der Waals surface area (Å²) in [6.07, 6.45) is 5.75. The van der Waals surface area contributed by atoms with Gasteiger partial charge in [-0.05, 0) is 43.2 Å². The molecular formula is C17H17N3O2S. The number of aliphatic hydroxyl groups excluding tert-OH is 1. The summed E-state index contributed by atoms with van der Waals surface area (Å²) in [4.78, 5) is 19.1. The second kappa shape index (κ2) is 5.79. The molecule has 0 aliphatic carbocycles. The zero-order chi connectivity index (χ0) is 15.8. The van der Waals surface area contributed by atoms with Gasteiger partial charge in [-0.2, -0.15) is 0 Å². The highest BCUT2D eigenvalue weighted by Crippen LogP contribution is 2.27. The number of aromatic nitrogens is 2. The van der Waals surface area contributed by atoms with E-state index in [1.807, 2.05) is 47.3 Å². The Hall–Kier alpha value is -2.18. The van der Waals surface area contributed by atoms with Gasteiger partial charge in [-0.25, -0.2) is 4.98 Å². The molecule has 3 heterocycles. The number of carbonyl (C=O) groups is 1. The molecule has 1 atom stereocenters. The molecule has 1 saturated heterocycles. The minimum absolute atomic E-state index is 0.000589. The summed E-state index contributed by atoms with van der Waals surface area (Å²) in [6.45, 7) is 0.756. The van der Waals surface area contributed by atoms with E-state index < -0.39 is 0 Å². The third-order valence-corrected chi connectivity index (χ3v) is 5.33. The van der Waals surface area contributed by atoms with Crippen molar-refractivity contribution in [1.29, 1.82) is 0 Å². The van der Waals surface area contributed by atoms with Crippen LogP contribution >= 0.6 is 11.3 Å². The lowest BCUT2D eigenvalue weighted by Crippen LogP contribution is -2.37. The first-order chi connectivity index (χ1) is 11.3. The van der Waals surface area contributed by atoms with E-state index in [1.54, 1.807) is 16.2 Å². The van der Waals surface area contributed by atoms with Crippen molar-refractivity contribution >= 4 is 27.5 Å². The number of hydrogen-bond acceptors (Lipinski definition) is 4. The fourth-order valence-electron chi connectivity index (χ4n) is 3.08. The molecule has 118 valence electrons. The van der Waals surface area contributed by atoms with Gasteiger partial charge in [-0.1, -0.05) is 11.3 Å². The van der Waals surface area contributed by atoms with Gasteiger partial charge in [0.2, 0.25) is 0 Å². The molecule has 3 aromatic rings. The standard InChI is InChI=1S/C17H17N3O2S/c21-11-13-4-3-9-20(13)16(22)12-5-6-14-15(10-12)23-17(18-14)19-7-1-2-8-19/h1-2,5-8,10,13,21H,3-4,9,11H2/t13-/m0/s1. The minimum Gasteiger partial charge on any atom is -0.394 e. The number of hydrogen-bond donors (Lipinski definition) is 1. The van der Waals surface area contributed by atoms with Crippen LogP contribution in [0, 0.1) is 0 Å². The van der Waals surface area contributed by atoms with Crippen LogP contribution in [0.1, 0.15) is 23.2 Å². The lowest BCUT2D eigenvalue weighted by molar-refractivity contribution is 0.0678. The summed E-state index contributed by atoms with van der Waals surface area (Å²) in [7, 11) is 0. The first-order valence-corrected chi connectivity index (χ1v) is 8.53. The van der Waals surface area contributed by atoms with Crippen LogP contribution in [0.3, 0.4) is 0 Å². The predicted molar refractivity (Wildman–Crippen MR) is 90.1 cm³/mol. The highest BCUT2D eigenvalue weighted by Gasteiger charge is 2.28. The largest absolute Gasteiger partial charge is 0.394 e. The maximum Gasteiger partial charge on any atom is 0.254 e. The Labute approximate surface area is 137 Å². The molecule has 0 spiro atoms. The number of aliphatic hydroxyl groups is 1. The highest BCUT2D eigenvalue weighted by atomic mass is 32.1. The van der Waals surface area contributed by atoms with Gasteiger partial charge >= 0.3 is 0 Å². The molecule has 0 saturated carbocycles. The second-order valence-electron chi connectivity index (χ2n) is 5.75. The Morgan fingerprint density at radius 2 is 2.17 bits per heavy atom. The molecule has 2 aromatic heterocycles. The molecule has 0 bridgehead atoms. The van der Waals surface area contributed by atoms with Gasteiger partial charge in [-0.3, -0.25) is 4.79 Å². The Morgan fingerprint density at radius 3 is 2.96 bits per heavy atom. The van der Waals surface area contributed by atoms with Gasteiger partial charge in [0.25, 0.3) is 5.91 Å². The molecular weight excluding hydrogens is 310 g/mol. The average molecular weight is 327 g/mol. The highest BCUT2D eigenvalue weighted by molar-refractivity contribution is 7.20. The van der Waals surface area contributed by atoms with Crippen LogP contribution in [-0.2, 0) is 0 Å². The van der Waals surface area contributed by atoms with Crippen LogP contribution in [0.15, 0.2) is 42.7 Å². The quantitative estimate of drug-likeness (QED) is 0.804. The SMILES string of the molecule is O=C(c1ccc2nc(-n3cccc3)sc2c1)N1CCC[C@H]1CO. The topological polar surface area (TPSA) is 58.4 Å². The first kappa shape index (κ1) is 14.4. The minimum atomic E-state index is -0.0462. The molecule has 6 heteroatoms. The van der Waals surface area contributed by atoms with Gasteiger partial charge < -0.3 is 14.6 Å². The molecule has 1 fully saturated rings. The van der Waals surface area contributed by atoms with Gasteiger partial charge in [0.1, 0.15) is 0 Å². The summed E-state index contributed by atoms with van der Waals surface area (Å²) < 4.78 is 2.97. The molecule has 1 amide bonds. The maximum absolute atomic E-state index is 12.7. The van der Waals surface area contributed by atoms with Crippen molar-refractivity contribution in [2.45, 2.75) is 18.9 Å². The van der Waals surface area contributed by atoms with Crippen molar-refractivity contribution in [2.75, 3.05) is 13.2 Å². The molecule has 1 aliphatic heterocycles. The summed E-state index contributed by atoms with van der Waals surface area (Å²) in [5.41, 5.74) is 1.57. The molecule has 4 rings (SSSR count). The number of nitrogens with zero attached hydrogens (tertiary/aromatic N) is 3. The molecule has 0 radical (unpaired) electrons. The average Bonchev–Trinajstić information content (AvgIpc) is 3.31. The van der Waals surface area contributed by atoms with Crippen LogP contribution in [-0.4, -0.2) is 44.7 Å². The number of rotatable bonds is 3. The summed E-state index contributed by atoms with van der Waals surface area (Å²) in [6, 6.07) is 9.52. The van der Waals surface area contributed by atoms with Crippen molar-refractivity contribution in [3.63, 3.8) is 0 Å². The van der Waals surface area contributed by atoms with E-state index in [2.05, 4.69) is 4.98 Å². The van der Waals surface area contributed by atoms with E-state index in [1.165, 1.54) is 0 Å². The number of thiazole rings is 1. The third kappa shape index (κ3) is 2.54. The summed E-state index contributed by atoms with van der Waals surface area (Å²) in [5, 5.41) is 10.3. The zero-order valence-electron chi connectivity index (χ0n) is 12.6. The fourth-order valence-corrected chi connectivity index (χ4v) is 4.05.